The molecule has 0 bridgehead atoms. The first-order valence-electron chi connectivity index (χ1n) is 4.92. The van der Waals surface area contributed by atoms with E-state index in [1.54, 1.807) is 6.92 Å². The molecule has 0 atom stereocenters. The first kappa shape index (κ1) is 14.1. The van der Waals surface area contributed by atoms with Crippen LogP contribution in [-0.4, -0.2) is 25.7 Å². The van der Waals surface area contributed by atoms with Crippen molar-refractivity contribution >= 4 is 49.5 Å². The van der Waals surface area contributed by atoms with Crippen LogP contribution in [0.3, 0.4) is 0 Å². The van der Waals surface area contributed by atoms with Gasteiger partial charge in [-0.05, 0) is 35.1 Å². The molecule has 90 valence electrons. The van der Waals surface area contributed by atoms with Gasteiger partial charge in [-0.25, -0.2) is 8.42 Å². The largest absolute Gasteiger partial charge is 0.294 e. The van der Waals surface area contributed by atoms with E-state index in [0.717, 1.165) is 2.88 Å². The van der Waals surface area contributed by atoms with Gasteiger partial charge in [-0.2, -0.15) is 0 Å². The molecule has 0 saturated carbocycles. The third-order valence-electron chi connectivity index (χ3n) is 2.19. The molecule has 0 radical (unpaired) electrons. The van der Waals surface area contributed by atoms with Crippen molar-refractivity contribution in [1.82, 2.24) is 0 Å². The van der Waals surface area contributed by atoms with Crippen molar-refractivity contribution in [1.29, 1.82) is 0 Å². The van der Waals surface area contributed by atoms with Crippen molar-refractivity contribution in [3.05, 3.63) is 19.9 Å². The van der Waals surface area contributed by atoms with Crippen molar-refractivity contribution in [2.75, 3.05) is 11.5 Å². The minimum absolute atomic E-state index is 0.0328. The summed E-state index contributed by atoms with van der Waals surface area (Å²) in [7, 11) is -2.94. The molecule has 0 amide bonds. The first-order valence-corrected chi connectivity index (χ1v) is 8.70. The second-order valence-corrected chi connectivity index (χ2v) is 8.68. The number of carbonyl (C=O) groups excluding carboxylic acids is 1. The minimum Gasteiger partial charge on any atom is -0.294 e. The van der Waals surface area contributed by atoms with Gasteiger partial charge in [0.15, 0.2) is 5.78 Å². The molecule has 0 aromatic carbocycles. The van der Waals surface area contributed by atoms with Crippen LogP contribution in [0.5, 0.6) is 0 Å². The number of hydrogen-bond acceptors (Lipinski definition) is 4. The molecule has 1 heterocycles. The van der Waals surface area contributed by atoms with Gasteiger partial charge in [0.05, 0.1) is 8.64 Å². The van der Waals surface area contributed by atoms with Crippen molar-refractivity contribution in [2.45, 2.75) is 19.8 Å². The molecule has 3 nitrogen and oxygen atoms in total. The average molecular weight is 372 g/mol. The summed E-state index contributed by atoms with van der Waals surface area (Å²) in [5.74, 6) is 0.291. The molecule has 0 aliphatic carbocycles. The molecular formula is C10H13IO3S2. The third kappa shape index (κ3) is 4.50. The van der Waals surface area contributed by atoms with Gasteiger partial charge in [-0.1, -0.05) is 6.92 Å². The second-order valence-electron chi connectivity index (χ2n) is 3.40. The van der Waals surface area contributed by atoms with E-state index in [0.29, 0.717) is 18.4 Å². The summed E-state index contributed by atoms with van der Waals surface area (Å²) in [6.07, 6.45) is 0.730. The van der Waals surface area contributed by atoms with Crippen LogP contribution >= 0.6 is 33.9 Å². The number of sulfone groups is 1. The zero-order valence-electron chi connectivity index (χ0n) is 8.90. The monoisotopic (exact) mass is 372 g/mol. The smallest absolute Gasteiger partial charge is 0.163 e. The number of Topliss-reactive ketones (excluding diaryl/α,β-unsaturated/α-hetero) is 1. The van der Waals surface area contributed by atoms with Crippen LogP contribution in [0.1, 0.15) is 30.1 Å². The Morgan fingerprint density at radius 2 is 2.19 bits per heavy atom. The molecule has 0 aliphatic heterocycles. The molecule has 0 fully saturated rings. The highest BCUT2D eigenvalue weighted by molar-refractivity contribution is 14.1. The Morgan fingerprint density at radius 1 is 1.50 bits per heavy atom. The molecule has 6 heteroatoms. The molecule has 1 aromatic heterocycles. The number of rotatable bonds is 6. The molecule has 1 aromatic rings. The van der Waals surface area contributed by atoms with E-state index in [1.165, 1.54) is 11.3 Å². The number of carbonyl (C=O) groups is 1. The molecule has 0 aliphatic rings. The molecule has 16 heavy (non-hydrogen) atoms. The van der Waals surface area contributed by atoms with Crippen LogP contribution in [-0.2, 0) is 9.84 Å². The second kappa shape index (κ2) is 6.11. The van der Waals surface area contributed by atoms with Gasteiger partial charge >= 0.3 is 0 Å². The minimum atomic E-state index is -2.94. The van der Waals surface area contributed by atoms with Gasteiger partial charge in [0, 0.05) is 23.1 Å². The van der Waals surface area contributed by atoms with Crippen LogP contribution in [0.2, 0.25) is 0 Å². The predicted octanol–water partition coefficient (Wildman–Crippen LogP) is 2.75. The lowest BCUT2D eigenvalue weighted by atomic mass is 10.1. The molecular weight excluding hydrogens is 359 g/mol. The van der Waals surface area contributed by atoms with Gasteiger partial charge in [0.25, 0.3) is 0 Å². The summed E-state index contributed by atoms with van der Waals surface area (Å²) in [6.45, 7) is 1.62. The van der Waals surface area contributed by atoms with Crippen molar-refractivity contribution < 1.29 is 13.2 Å². The Bertz CT molecular complexity index is 462. The normalized spacial score (nSPS) is 11.6. The fourth-order valence-corrected chi connectivity index (χ4v) is 3.42. The summed E-state index contributed by atoms with van der Waals surface area (Å²) >= 11 is 3.68. The highest BCUT2D eigenvalue weighted by Gasteiger charge is 2.11. The maximum atomic E-state index is 11.6. The van der Waals surface area contributed by atoms with E-state index < -0.39 is 9.84 Å². The highest BCUT2D eigenvalue weighted by atomic mass is 127. The number of halogens is 1. The molecule has 0 unspecified atom stereocenters. The fourth-order valence-electron chi connectivity index (χ4n) is 1.20. The standard InChI is InChI=1S/C10H13IO3S2/c1-2-16(13,14)5-3-4-9(12)8-6-10(11)15-7-8/h6-7H,2-5H2,1H3. The fraction of sp³-hybridized carbons (Fsp3) is 0.500. The Labute approximate surface area is 113 Å². The first-order chi connectivity index (χ1) is 7.44. The SMILES string of the molecule is CCS(=O)(=O)CCCC(=O)c1csc(I)c1. The van der Waals surface area contributed by atoms with Crippen molar-refractivity contribution in [3.63, 3.8) is 0 Å². The van der Waals surface area contributed by atoms with E-state index >= 15 is 0 Å². The quantitative estimate of drug-likeness (QED) is 0.570. The zero-order chi connectivity index (χ0) is 12.2. The van der Waals surface area contributed by atoms with Gasteiger partial charge in [0.2, 0.25) is 0 Å². The third-order valence-corrected chi connectivity index (χ3v) is 5.77. The van der Waals surface area contributed by atoms with E-state index in [-0.39, 0.29) is 17.3 Å². The maximum absolute atomic E-state index is 11.6. The van der Waals surface area contributed by atoms with Crippen LogP contribution < -0.4 is 0 Å². The predicted molar refractivity (Wildman–Crippen MR) is 74.9 cm³/mol. The van der Waals surface area contributed by atoms with Crippen LogP contribution in [0.15, 0.2) is 11.4 Å². The Morgan fingerprint density at radius 3 is 2.69 bits per heavy atom. The Balaban J connectivity index is 2.43. The van der Waals surface area contributed by atoms with Gasteiger partial charge in [-0.15, -0.1) is 11.3 Å². The van der Waals surface area contributed by atoms with E-state index in [4.69, 9.17) is 0 Å². The topological polar surface area (TPSA) is 51.2 Å². The summed E-state index contributed by atoms with van der Waals surface area (Å²) in [5.41, 5.74) is 0.697. The number of ketones is 1. The zero-order valence-corrected chi connectivity index (χ0v) is 12.7. The van der Waals surface area contributed by atoms with E-state index in [1.807, 2.05) is 11.4 Å². The van der Waals surface area contributed by atoms with Crippen LogP contribution in [0.25, 0.3) is 0 Å². The molecule has 1 rings (SSSR count). The van der Waals surface area contributed by atoms with Crippen molar-refractivity contribution in [3.8, 4) is 0 Å². The molecule has 0 N–H and O–H groups in total. The number of hydrogen-bond donors (Lipinski definition) is 0. The van der Waals surface area contributed by atoms with Crippen LogP contribution in [0, 0.1) is 2.88 Å². The van der Waals surface area contributed by atoms with E-state index in [9.17, 15) is 13.2 Å². The van der Waals surface area contributed by atoms with Gasteiger partial charge < -0.3 is 0 Å². The lowest BCUT2D eigenvalue weighted by Crippen LogP contribution is -2.10. The molecule has 0 spiro atoms. The Kier molecular flexibility index (Phi) is 5.39. The van der Waals surface area contributed by atoms with Crippen LogP contribution in [0.4, 0.5) is 0 Å². The highest BCUT2D eigenvalue weighted by Crippen LogP contribution is 2.18. The van der Waals surface area contributed by atoms with Gasteiger partial charge in [0.1, 0.15) is 9.84 Å². The maximum Gasteiger partial charge on any atom is 0.163 e. The number of thiophene rings is 1. The average Bonchev–Trinajstić information content (AvgIpc) is 2.64. The van der Waals surface area contributed by atoms with Crippen molar-refractivity contribution in [2.24, 2.45) is 0 Å². The summed E-state index contributed by atoms with van der Waals surface area (Å²) < 4.78 is 23.5. The summed E-state index contributed by atoms with van der Waals surface area (Å²) in [4.78, 5) is 11.6. The summed E-state index contributed by atoms with van der Waals surface area (Å²) in [5, 5.41) is 1.82. The van der Waals surface area contributed by atoms with E-state index in [2.05, 4.69) is 22.6 Å². The van der Waals surface area contributed by atoms with Gasteiger partial charge in [-0.3, -0.25) is 4.79 Å². The lowest BCUT2D eigenvalue weighted by molar-refractivity contribution is 0.0982. The molecule has 0 saturated heterocycles. The summed E-state index contributed by atoms with van der Waals surface area (Å²) in [6, 6.07) is 1.84. The lowest BCUT2D eigenvalue weighted by Gasteiger charge is -2.00. The Hall–Kier alpha value is 0.0500.